The van der Waals surface area contributed by atoms with Gasteiger partial charge in [-0.2, -0.15) is 0 Å². The summed E-state index contributed by atoms with van der Waals surface area (Å²) in [4.78, 5) is 22.5. The average Bonchev–Trinajstić information content (AvgIpc) is 2.64. The highest BCUT2D eigenvalue weighted by Gasteiger charge is 2.25. The van der Waals surface area contributed by atoms with Crippen LogP contribution in [0.4, 0.5) is 0 Å². The molecule has 1 unspecified atom stereocenters. The van der Waals surface area contributed by atoms with Gasteiger partial charge in [0.1, 0.15) is 11.9 Å². The van der Waals surface area contributed by atoms with E-state index in [0.29, 0.717) is 24.0 Å². The van der Waals surface area contributed by atoms with E-state index in [1.165, 1.54) is 12.4 Å². The highest BCUT2D eigenvalue weighted by Crippen LogP contribution is 2.18. The molecule has 1 amide bonds. The largest absolute Gasteiger partial charge is 0.497 e. The van der Waals surface area contributed by atoms with Crippen LogP contribution in [0.15, 0.2) is 36.7 Å². The van der Waals surface area contributed by atoms with E-state index in [-0.39, 0.29) is 12.0 Å². The number of halogens is 1. The van der Waals surface area contributed by atoms with Crippen LogP contribution in [0, 0.1) is 0 Å². The van der Waals surface area contributed by atoms with Crippen molar-refractivity contribution in [3.8, 4) is 11.8 Å². The molecule has 2 aromatic rings. The molecule has 0 saturated carbocycles. The summed E-state index contributed by atoms with van der Waals surface area (Å²) in [6.07, 6.45) is 5.03. The zero-order valence-corrected chi connectivity index (χ0v) is 14.8. The number of carbonyl (C=O) groups excluding carboxylic acids is 1. The number of likely N-dealkylation sites (tertiary alicyclic amines) is 1. The number of ether oxygens (including phenoxy) is 2. The van der Waals surface area contributed by atoms with Gasteiger partial charge in [0.25, 0.3) is 0 Å². The quantitative estimate of drug-likeness (QED) is 0.819. The lowest BCUT2D eigenvalue weighted by molar-refractivity contribution is -0.133. The summed E-state index contributed by atoms with van der Waals surface area (Å²) in [6, 6.07) is 7.84. The fraction of sp³-hybridized carbons (Fsp3) is 0.389. The number of hydrogen-bond acceptors (Lipinski definition) is 5. The van der Waals surface area contributed by atoms with E-state index in [1.54, 1.807) is 7.11 Å². The maximum absolute atomic E-state index is 12.6. The van der Waals surface area contributed by atoms with Gasteiger partial charge in [-0.25, -0.2) is 9.97 Å². The van der Waals surface area contributed by atoms with Crippen LogP contribution >= 0.6 is 11.6 Å². The second-order valence-electron chi connectivity index (χ2n) is 5.93. The predicted molar refractivity (Wildman–Crippen MR) is 94.0 cm³/mol. The molecule has 3 rings (SSSR count). The van der Waals surface area contributed by atoms with Crippen LogP contribution < -0.4 is 9.47 Å². The first-order valence-electron chi connectivity index (χ1n) is 8.19. The van der Waals surface area contributed by atoms with Crippen molar-refractivity contribution in [2.75, 3.05) is 20.2 Å². The van der Waals surface area contributed by atoms with Crippen molar-refractivity contribution < 1.29 is 14.3 Å². The Morgan fingerprint density at radius 1 is 1.28 bits per heavy atom. The van der Waals surface area contributed by atoms with Crippen LogP contribution in [-0.4, -0.2) is 47.1 Å². The first-order valence-corrected chi connectivity index (χ1v) is 8.57. The van der Waals surface area contributed by atoms with Crippen molar-refractivity contribution in [2.45, 2.75) is 25.4 Å². The molecular formula is C18H20ClN3O3. The van der Waals surface area contributed by atoms with Crippen molar-refractivity contribution in [3.05, 3.63) is 47.2 Å². The van der Waals surface area contributed by atoms with E-state index in [0.717, 1.165) is 30.7 Å². The Hall–Kier alpha value is -2.34. The molecule has 0 spiro atoms. The first kappa shape index (κ1) is 17.5. The van der Waals surface area contributed by atoms with Gasteiger partial charge in [-0.15, -0.1) is 0 Å². The number of nitrogens with zero attached hydrogens (tertiary/aromatic N) is 3. The topological polar surface area (TPSA) is 64.5 Å². The molecule has 1 aromatic carbocycles. The van der Waals surface area contributed by atoms with E-state index < -0.39 is 0 Å². The van der Waals surface area contributed by atoms with Crippen molar-refractivity contribution in [1.82, 2.24) is 14.9 Å². The lowest BCUT2D eigenvalue weighted by Gasteiger charge is -2.32. The SMILES string of the molecule is COc1ccc(CC(=O)N2CCCC(Oc3ncc(Cl)cn3)C2)cc1. The number of carbonyl (C=O) groups is 1. The second-order valence-corrected chi connectivity index (χ2v) is 6.37. The molecule has 1 aliphatic rings. The van der Waals surface area contributed by atoms with Gasteiger partial charge < -0.3 is 14.4 Å². The van der Waals surface area contributed by atoms with Crippen molar-refractivity contribution in [2.24, 2.45) is 0 Å². The molecule has 7 heteroatoms. The van der Waals surface area contributed by atoms with Gasteiger partial charge in [0.2, 0.25) is 5.91 Å². The number of rotatable bonds is 5. The zero-order valence-electron chi connectivity index (χ0n) is 14.0. The maximum atomic E-state index is 12.6. The third-order valence-corrected chi connectivity index (χ3v) is 4.31. The van der Waals surface area contributed by atoms with E-state index in [1.807, 2.05) is 29.2 Å². The molecule has 0 aliphatic carbocycles. The molecule has 0 bridgehead atoms. The third kappa shape index (κ3) is 4.82. The Bertz CT molecular complexity index is 707. The lowest BCUT2D eigenvalue weighted by Crippen LogP contribution is -2.45. The molecule has 132 valence electrons. The molecule has 0 N–H and O–H groups in total. The summed E-state index contributed by atoms with van der Waals surface area (Å²) in [5, 5.41) is 0.465. The fourth-order valence-corrected chi connectivity index (χ4v) is 2.90. The van der Waals surface area contributed by atoms with Crippen LogP contribution in [-0.2, 0) is 11.2 Å². The third-order valence-electron chi connectivity index (χ3n) is 4.11. The van der Waals surface area contributed by atoms with E-state index >= 15 is 0 Å². The Kier molecular flexibility index (Phi) is 5.71. The van der Waals surface area contributed by atoms with E-state index in [2.05, 4.69) is 9.97 Å². The number of hydrogen-bond donors (Lipinski definition) is 0. The first-order chi connectivity index (χ1) is 12.1. The summed E-state index contributed by atoms with van der Waals surface area (Å²) in [5.74, 6) is 0.876. The average molecular weight is 362 g/mol. The zero-order chi connectivity index (χ0) is 17.6. The van der Waals surface area contributed by atoms with E-state index in [9.17, 15) is 4.79 Å². The van der Waals surface area contributed by atoms with Gasteiger partial charge >= 0.3 is 6.01 Å². The van der Waals surface area contributed by atoms with Gasteiger partial charge in [-0.3, -0.25) is 4.79 Å². The van der Waals surface area contributed by atoms with Gasteiger partial charge in [-0.05, 0) is 30.5 Å². The Morgan fingerprint density at radius 2 is 2.00 bits per heavy atom. The summed E-state index contributed by atoms with van der Waals surface area (Å²) < 4.78 is 10.9. The van der Waals surface area contributed by atoms with Gasteiger partial charge in [-0.1, -0.05) is 23.7 Å². The van der Waals surface area contributed by atoms with Crippen LogP contribution in [0.1, 0.15) is 18.4 Å². The van der Waals surface area contributed by atoms with Crippen molar-refractivity contribution >= 4 is 17.5 Å². The second kappa shape index (κ2) is 8.16. The monoisotopic (exact) mass is 361 g/mol. The molecule has 1 saturated heterocycles. The molecular weight excluding hydrogens is 342 g/mol. The van der Waals surface area contributed by atoms with Crippen molar-refractivity contribution in [1.29, 1.82) is 0 Å². The molecule has 0 radical (unpaired) electrons. The minimum absolute atomic E-state index is 0.0930. The summed E-state index contributed by atoms with van der Waals surface area (Å²) in [7, 11) is 1.62. The summed E-state index contributed by atoms with van der Waals surface area (Å²) >= 11 is 5.77. The number of methoxy groups -OCH3 is 1. The van der Waals surface area contributed by atoms with Gasteiger partial charge in [0.05, 0.1) is 37.5 Å². The Labute approximate surface area is 151 Å². The van der Waals surface area contributed by atoms with E-state index in [4.69, 9.17) is 21.1 Å². The molecule has 2 heterocycles. The minimum Gasteiger partial charge on any atom is -0.497 e. The lowest BCUT2D eigenvalue weighted by atomic mass is 10.1. The molecule has 1 aliphatic heterocycles. The molecule has 1 fully saturated rings. The normalized spacial score (nSPS) is 17.2. The molecule has 6 nitrogen and oxygen atoms in total. The highest BCUT2D eigenvalue weighted by molar-refractivity contribution is 6.30. The van der Waals surface area contributed by atoms with Crippen LogP contribution in [0.25, 0.3) is 0 Å². The summed E-state index contributed by atoms with van der Waals surface area (Å²) in [5.41, 5.74) is 0.967. The molecule has 1 atom stereocenters. The number of amides is 1. The Morgan fingerprint density at radius 3 is 2.68 bits per heavy atom. The smallest absolute Gasteiger partial charge is 0.316 e. The van der Waals surface area contributed by atoms with Gasteiger partial charge in [0, 0.05) is 6.54 Å². The summed E-state index contributed by atoms with van der Waals surface area (Å²) in [6.45, 7) is 1.29. The van der Waals surface area contributed by atoms with Crippen molar-refractivity contribution in [3.63, 3.8) is 0 Å². The standard InChI is InChI=1S/C18H20ClN3O3/c1-24-15-6-4-13(5-7-15)9-17(23)22-8-2-3-16(12-22)25-18-20-10-14(19)11-21-18/h4-7,10-11,16H,2-3,8-9,12H2,1H3. The molecule has 1 aromatic heterocycles. The fourth-order valence-electron chi connectivity index (χ4n) is 2.80. The highest BCUT2D eigenvalue weighted by atomic mass is 35.5. The number of piperidine rings is 1. The predicted octanol–water partition coefficient (Wildman–Crippen LogP) is 2.75. The Balaban J connectivity index is 1.56. The maximum Gasteiger partial charge on any atom is 0.316 e. The molecule has 25 heavy (non-hydrogen) atoms. The number of benzene rings is 1. The van der Waals surface area contributed by atoms with Gasteiger partial charge in [0.15, 0.2) is 0 Å². The van der Waals surface area contributed by atoms with Crippen LogP contribution in [0.3, 0.4) is 0 Å². The van der Waals surface area contributed by atoms with Crippen LogP contribution in [0.5, 0.6) is 11.8 Å². The van der Waals surface area contributed by atoms with Crippen LogP contribution in [0.2, 0.25) is 5.02 Å². The number of aromatic nitrogens is 2. The minimum atomic E-state index is -0.102.